The summed E-state index contributed by atoms with van der Waals surface area (Å²) < 4.78 is 27.6. The zero-order valence-corrected chi connectivity index (χ0v) is 15.5. The fourth-order valence-corrected chi connectivity index (χ4v) is 2.95. The lowest BCUT2D eigenvalue weighted by Gasteiger charge is -2.15. The van der Waals surface area contributed by atoms with Crippen molar-refractivity contribution in [3.05, 3.63) is 81.8 Å². The molecule has 1 heterocycles. The first kappa shape index (κ1) is 19.4. The van der Waals surface area contributed by atoms with Crippen LogP contribution < -0.4 is 10.9 Å². The molecular formula is C21H19F2N3O2. The largest absolute Gasteiger partial charge is 0.325 e. The molecule has 0 fully saturated rings. The highest BCUT2D eigenvalue weighted by molar-refractivity contribution is 5.90. The average Bonchev–Trinajstić information content (AvgIpc) is 2.67. The average molecular weight is 383 g/mol. The van der Waals surface area contributed by atoms with Gasteiger partial charge < -0.3 is 5.32 Å². The zero-order chi connectivity index (χ0) is 20.3. The first-order valence-electron chi connectivity index (χ1n) is 8.80. The van der Waals surface area contributed by atoms with Crippen LogP contribution in [0.5, 0.6) is 0 Å². The summed E-state index contributed by atoms with van der Waals surface area (Å²) in [6.45, 7) is 3.30. The molecule has 2 aromatic carbocycles. The van der Waals surface area contributed by atoms with E-state index in [1.807, 2.05) is 6.92 Å². The number of hydrogen-bond acceptors (Lipinski definition) is 3. The van der Waals surface area contributed by atoms with Crippen LogP contribution in [0.2, 0.25) is 0 Å². The highest BCUT2D eigenvalue weighted by atomic mass is 19.1. The Kier molecular flexibility index (Phi) is 5.63. The van der Waals surface area contributed by atoms with Crippen molar-refractivity contribution in [2.75, 3.05) is 5.32 Å². The second-order valence-electron chi connectivity index (χ2n) is 6.31. The van der Waals surface area contributed by atoms with Crippen molar-refractivity contribution in [1.82, 2.24) is 9.55 Å². The minimum Gasteiger partial charge on any atom is -0.325 e. The van der Waals surface area contributed by atoms with Crippen LogP contribution in [0.25, 0.3) is 11.4 Å². The van der Waals surface area contributed by atoms with Gasteiger partial charge in [0.25, 0.3) is 5.56 Å². The Morgan fingerprint density at radius 1 is 1.04 bits per heavy atom. The Morgan fingerprint density at radius 3 is 2.18 bits per heavy atom. The van der Waals surface area contributed by atoms with E-state index >= 15 is 0 Å². The first-order chi connectivity index (χ1) is 13.4. The van der Waals surface area contributed by atoms with Crippen molar-refractivity contribution < 1.29 is 13.6 Å². The number of hydrogen-bond donors (Lipinski definition) is 1. The molecule has 0 saturated carbocycles. The minimum absolute atomic E-state index is 0.275. The van der Waals surface area contributed by atoms with E-state index in [1.165, 1.54) is 53.1 Å². The van der Waals surface area contributed by atoms with E-state index in [2.05, 4.69) is 10.3 Å². The topological polar surface area (TPSA) is 64.0 Å². The number of carbonyl (C=O) groups excluding carboxylic acids is 1. The molecule has 5 nitrogen and oxygen atoms in total. The number of aryl methyl sites for hydroxylation is 1. The van der Waals surface area contributed by atoms with E-state index in [4.69, 9.17) is 0 Å². The summed E-state index contributed by atoms with van der Waals surface area (Å²) in [5.41, 5.74) is 1.71. The molecule has 3 rings (SSSR count). The van der Waals surface area contributed by atoms with Crippen molar-refractivity contribution in [1.29, 1.82) is 0 Å². The Bertz CT molecular complexity index is 1060. The number of rotatable bonds is 5. The second-order valence-corrected chi connectivity index (χ2v) is 6.31. The summed E-state index contributed by atoms with van der Waals surface area (Å²) in [6, 6.07) is 10.9. The Morgan fingerprint density at radius 2 is 1.61 bits per heavy atom. The molecule has 0 aliphatic heterocycles. The molecular weight excluding hydrogens is 364 g/mol. The van der Waals surface area contributed by atoms with Gasteiger partial charge in [-0.05, 0) is 61.9 Å². The Balaban J connectivity index is 2.00. The monoisotopic (exact) mass is 383 g/mol. The molecule has 0 radical (unpaired) electrons. The van der Waals surface area contributed by atoms with Crippen molar-refractivity contribution in [3.8, 4) is 11.4 Å². The highest BCUT2D eigenvalue weighted by Crippen LogP contribution is 2.18. The van der Waals surface area contributed by atoms with E-state index in [-0.39, 0.29) is 17.9 Å². The SMILES string of the molecule is CCc1c(C)nc(-c2ccc(F)cc2)n(CC(=O)Nc2ccc(F)cc2)c1=O. The molecule has 144 valence electrons. The number of amides is 1. The van der Waals surface area contributed by atoms with Gasteiger partial charge in [0.05, 0.1) is 0 Å². The summed E-state index contributed by atoms with van der Waals surface area (Å²) in [6.07, 6.45) is 0.473. The van der Waals surface area contributed by atoms with Gasteiger partial charge in [0, 0.05) is 22.5 Å². The molecule has 0 saturated heterocycles. The maximum Gasteiger partial charge on any atom is 0.257 e. The number of aromatic nitrogens is 2. The van der Waals surface area contributed by atoms with Crippen LogP contribution in [0.3, 0.4) is 0 Å². The number of nitrogens with zero attached hydrogens (tertiary/aromatic N) is 2. The lowest BCUT2D eigenvalue weighted by Crippen LogP contribution is -2.32. The molecule has 3 aromatic rings. The molecule has 0 aliphatic rings. The van der Waals surface area contributed by atoms with Gasteiger partial charge >= 0.3 is 0 Å². The molecule has 0 atom stereocenters. The highest BCUT2D eigenvalue weighted by Gasteiger charge is 2.17. The molecule has 0 aliphatic carbocycles. The third-order valence-corrected chi connectivity index (χ3v) is 4.35. The van der Waals surface area contributed by atoms with E-state index in [1.54, 1.807) is 6.92 Å². The second kappa shape index (κ2) is 8.12. The van der Waals surface area contributed by atoms with Crippen LogP contribution in [0, 0.1) is 18.6 Å². The third kappa shape index (κ3) is 4.14. The smallest absolute Gasteiger partial charge is 0.257 e. The van der Waals surface area contributed by atoms with E-state index in [9.17, 15) is 18.4 Å². The van der Waals surface area contributed by atoms with Crippen LogP contribution in [0.15, 0.2) is 53.3 Å². The van der Waals surface area contributed by atoms with Gasteiger partial charge in [-0.1, -0.05) is 6.92 Å². The molecule has 28 heavy (non-hydrogen) atoms. The summed E-state index contributed by atoms with van der Waals surface area (Å²) >= 11 is 0. The zero-order valence-electron chi connectivity index (χ0n) is 15.5. The molecule has 0 spiro atoms. The van der Waals surface area contributed by atoms with Crippen molar-refractivity contribution in [3.63, 3.8) is 0 Å². The maximum atomic E-state index is 13.3. The number of benzene rings is 2. The summed E-state index contributed by atoms with van der Waals surface area (Å²) in [5.74, 6) is -0.990. The molecule has 1 amide bonds. The van der Waals surface area contributed by atoms with Gasteiger partial charge in [0.2, 0.25) is 5.91 Å². The van der Waals surface area contributed by atoms with Gasteiger partial charge in [-0.3, -0.25) is 14.2 Å². The van der Waals surface area contributed by atoms with Crippen LogP contribution in [0.1, 0.15) is 18.2 Å². The van der Waals surface area contributed by atoms with Crippen molar-refractivity contribution in [2.24, 2.45) is 0 Å². The first-order valence-corrected chi connectivity index (χ1v) is 8.80. The molecule has 0 bridgehead atoms. The minimum atomic E-state index is -0.454. The van der Waals surface area contributed by atoms with Crippen LogP contribution in [0.4, 0.5) is 14.5 Å². The Hall–Kier alpha value is -3.35. The van der Waals surface area contributed by atoms with Gasteiger partial charge in [-0.2, -0.15) is 0 Å². The fraction of sp³-hybridized carbons (Fsp3) is 0.190. The van der Waals surface area contributed by atoms with E-state index < -0.39 is 17.5 Å². The standard InChI is InChI=1S/C21H19F2N3O2/c1-3-18-13(2)24-20(14-4-6-15(22)7-5-14)26(21(18)28)12-19(27)25-17-10-8-16(23)9-11-17/h4-11H,3,12H2,1-2H3,(H,25,27). The lowest BCUT2D eigenvalue weighted by molar-refractivity contribution is -0.116. The van der Waals surface area contributed by atoms with E-state index in [0.29, 0.717) is 28.9 Å². The van der Waals surface area contributed by atoms with Crippen LogP contribution in [-0.2, 0) is 17.8 Å². The number of halogens is 2. The van der Waals surface area contributed by atoms with Gasteiger partial charge in [0.1, 0.15) is 24.0 Å². The summed E-state index contributed by atoms with van der Waals surface area (Å²) in [7, 11) is 0. The van der Waals surface area contributed by atoms with Gasteiger partial charge in [0.15, 0.2) is 0 Å². The van der Waals surface area contributed by atoms with Crippen LogP contribution in [-0.4, -0.2) is 15.5 Å². The third-order valence-electron chi connectivity index (χ3n) is 4.35. The molecule has 0 unspecified atom stereocenters. The molecule has 1 N–H and O–H groups in total. The lowest BCUT2D eigenvalue weighted by atomic mass is 10.1. The van der Waals surface area contributed by atoms with Gasteiger partial charge in [-0.15, -0.1) is 0 Å². The van der Waals surface area contributed by atoms with Crippen molar-refractivity contribution >= 4 is 11.6 Å². The predicted octanol–water partition coefficient (Wildman–Crippen LogP) is 3.70. The normalized spacial score (nSPS) is 10.7. The Labute approximate surface area is 160 Å². The fourth-order valence-electron chi connectivity index (χ4n) is 2.95. The molecule has 7 heteroatoms. The van der Waals surface area contributed by atoms with Crippen molar-refractivity contribution in [2.45, 2.75) is 26.8 Å². The van der Waals surface area contributed by atoms with Gasteiger partial charge in [-0.25, -0.2) is 13.8 Å². The summed E-state index contributed by atoms with van der Waals surface area (Å²) in [5, 5.41) is 2.63. The quantitative estimate of drug-likeness (QED) is 0.731. The van der Waals surface area contributed by atoms with E-state index in [0.717, 1.165) is 0 Å². The summed E-state index contributed by atoms with van der Waals surface area (Å²) in [4.78, 5) is 29.9. The predicted molar refractivity (Wildman–Crippen MR) is 103 cm³/mol. The van der Waals surface area contributed by atoms with Crippen LogP contribution >= 0.6 is 0 Å². The molecule has 1 aromatic heterocycles. The number of carbonyl (C=O) groups is 1. The maximum absolute atomic E-state index is 13.3. The number of nitrogens with one attached hydrogen (secondary N) is 1. The number of anilines is 1.